The number of amides is 3. The first-order valence-electron chi connectivity index (χ1n) is 10.0. The zero-order valence-electron chi connectivity index (χ0n) is 17.3. The minimum Gasteiger partial charge on any atom is -0.463 e. The molecule has 1 unspecified atom stereocenters. The van der Waals surface area contributed by atoms with E-state index in [9.17, 15) is 19.5 Å². The van der Waals surface area contributed by atoms with Crippen LogP contribution in [0.5, 0.6) is 0 Å². The number of benzene rings is 1. The van der Waals surface area contributed by atoms with Crippen LogP contribution < -0.4 is 0 Å². The lowest BCUT2D eigenvalue weighted by molar-refractivity contribution is -0.271. The van der Waals surface area contributed by atoms with Crippen molar-refractivity contribution in [3.8, 4) is 0 Å². The van der Waals surface area contributed by atoms with Gasteiger partial charge in [-0.25, -0.2) is 4.79 Å². The molecule has 2 saturated heterocycles. The third kappa shape index (κ3) is 4.22. The zero-order chi connectivity index (χ0) is 21.3. The van der Waals surface area contributed by atoms with Gasteiger partial charge in [0.2, 0.25) is 5.91 Å². The van der Waals surface area contributed by atoms with Crippen molar-refractivity contribution in [1.82, 2.24) is 14.9 Å². The number of hydroxylamine groups is 2. The molecule has 3 atom stereocenters. The Labute approximate surface area is 171 Å². The van der Waals surface area contributed by atoms with E-state index in [0.717, 1.165) is 10.6 Å². The van der Waals surface area contributed by atoms with Crippen molar-refractivity contribution in [3.63, 3.8) is 0 Å². The molecule has 0 spiro atoms. The van der Waals surface area contributed by atoms with Gasteiger partial charge < -0.3 is 14.9 Å². The fourth-order valence-corrected chi connectivity index (χ4v) is 3.99. The van der Waals surface area contributed by atoms with Gasteiger partial charge >= 0.3 is 6.09 Å². The van der Waals surface area contributed by atoms with Crippen LogP contribution in [0.1, 0.15) is 33.3 Å². The van der Waals surface area contributed by atoms with E-state index in [1.165, 1.54) is 4.90 Å². The molecule has 0 aliphatic carbocycles. The molecule has 29 heavy (non-hydrogen) atoms. The topological polar surface area (TPSA) is 90.4 Å². The smallest absolute Gasteiger partial charge is 0.433 e. The number of carbonyl (C=O) groups excluding carboxylic acids is 2. The van der Waals surface area contributed by atoms with Crippen LogP contribution in [0.25, 0.3) is 0 Å². The minimum atomic E-state index is -1.27. The summed E-state index contributed by atoms with van der Waals surface area (Å²) < 4.78 is 0. The summed E-state index contributed by atoms with van der Waals surface area (Å²) in [6.07, 6.45) is -2.74. The number of rotatable bonds is 5. The lowest BCUT2D eigenvalue weighted by Gasteiger charge is -2.53. The van der Waals surface area contributed by atoms with Gasteiger partial charge in [0.25, 0.3) is 5.91 Å². The first-order valence-corrected chi connectivity index (χ1v) is 10.0. The third-order valence-corrected chi connectivity index (χ3v) is 5.28. The Balaban J connectivity index is 2.02. The zero-order valence-corrected chi connectivity index (χ0v) is 17.3. The van der Waals surface area contributed by atoms with Gasteiger partial charge in [-0.15, -0.1) is 0 Å². The largest absolute Gasteiger partial charge is 0.463 e. The van der Waals surface area contributed by atoms with Gasteiger partial charge in [-0.05, 0) is 17.4 Å². The van der Waals surface area contributed by atoms with E-state index in [4.69, 9.17) is 4.84 Å². The quantitative estimate of drug-likeness (QED) is 0.814. The monoisotopic (exact) mass is 403 g/mol. The first-order chi connectivity index (χ1) is 13.7. The molecular weight excluding hydrogens is 374 g/mol. The van der Waals surface area contributed by atoms with Crippen LogP contribution in [0.15, 0.2) is 30.3 Å². The van der Waals surface area contributed by atoms with Gasteiger partial charge in [0, 0.05) is 13.0 Å². The normalized spacial score (nSPS) is 25.0. The van der Waals surface area contributed by atoms with Gasteiger partial charge in [-0.2, -0.15) is 5.06 Å². The van der Waals surface area contributed by atoms with E-state index in [1.807, 2.05) is 44.2 Å². The van der Waals surface area contributed by atoms with Crippen molar-refractivity contribution in [2.75, 3.05) is 13.1 Å². The standard InChI is InChI=1S/C21H29N3O5/c1-13(2)11-22-12-17-23(16(19(22)25)10-15-8-6-5-7-9-15)20(26)18(14(3)4)29-24(17)21(27)28/h5-9,13-14,16-18H,10-12H2,1-4H3,(H,27,28)/t16-,17?,18+/m0/s1. The van der Waals surface area contributed by atoms with Crippen LogP contribution in [-0.4, -0.2) is 69.3 Å². The maximum Gasteiger partial charge on any atom is 0.433 e. The van der Waals surface area contributed by atoms with Crippen molar-refractivity contribution in [1.29, 1.82) is 0 Å². The highest BCUT2D eigenvalue weighted by molar-refractivity contribution is 5.92. The summed E-state index contributed by atoms with van der Waals surface area (Å²) in [5.41, 5.74) is 0.915. The highest BCUT2D eigenvalue weighted by Crippen LogP contribution is 2.31. The Bertz CT molecular complexity index is 767. The van der Waals surface area contributed by atoms with E-state index in [0.29, 0.717) is 13.0 Å². The summed E-state index contributed by atoms with van der Waals surface area (Å²) in [4.78, 5) is 47.2. The maximum atomic E-state index is 13.3. The summed E-state index contributed by atoms with van der Waals surface area (Å²) in [6, 6.07) is 8.70. The summed E-state index contributed by atoms with van der Waals surface area (Å²) >= 11 is 0. The summed E-state index contributed by atoms with van der Waals surface area (Å²) in [7, 11) is 0. The second-order valence-corrected chi connectivity index (χ2v) is 8.45. The molecule has 2 fully saturated rings. The van der Waals surface area contributed by atoms with Gasteiger partial charge in [-0.3, -0.25) is 14.4 Å². The molecule has 158 valence electrons. The third-order valence-electron chi connectivity index (χ3n) is 5.28. The molecule has 8 heteroatoms. The van der Waals surface area contributed by atoms with Crippen molar-refractivity contribution < 1.29 is 24.3 Å². The number of carbonyl (C=O) groups is 3. The van der Waals surface area contributed by atoms with Crippen LogP contribution in [0, 0.1) is 11.8 Å². The molecule has 2 aliphatic rings. The molecule has 1 aromatic rings. The van der Waals surface area contributed by atoms with Crippen LogP contribution in [-0.2, 0) is 20.8 Å². The molecule has 3 rings (SSSR count). The van der Waals surface area contributed by atoms with Gasteiger partial charge in [0.1, 0.15) is 6.04 Å². The number of hydrogen-bond donors (Lipinski definition) is 1. The lowest BCUT2D eigenvalue weighted by atomic mass is 9.96. The van der Waals surface area contributed by atoms with Crippen molar-refractivity contribution in [3.05, 3.63) is 35.9 Å². The molecule has 0 bridgehead atoms. The van der Waals surface area contributed by atoms with Gasteiger partial charge in [0.05, 0.1) is 6.54 Å². The van der Waals surface area contributed by atoms with E-state index < -0.39 is 24.4 Å². The number of nitrogens with zero attached hydrogens (tertiary/aromatic N) is 3. The Kier molecular flexibility index (Phi) is 6.12. The number of piperazine rings is 1. The second kappa shape index (κ2) is 8.41. The summed E-state index contributed by atoms with van der Waals surface area (Å²) in [6.45, 7) is 8.18. The van der Waals surface area contributed by atoms with E-state index in [2.05, 4.69) is 0 Å². The first kappa shape index (κ1) is 21.1. The summed E-state index contributed by atoms with van der Waals surface area (Å²) in [5, 5.41) is 10.6. The molecule has 2 heterocycles. The molecule has 0 radical (unpaired) electrons. The molecular formula is C21H29N3O5. The highest BCUT2D eigenvalue weighted by atomic mass is 16.7. The maximum absolute atomic E-state index is 13.3. The van der Waals surface area contributed by atoms with E-state index in [-0.39, 0.29) is 30.2 Å². The van der Waals surface area contributed by atoms with Crippen molar-refractivity contribution >= 4 is 17.9 Å². The predicted molar refractivity (Wildman–Crippen MR) is 106 cm³/mol. The molecule has 0 aromatic heterocycles. The average molecular weight is 403 g/mol. The minimum absolute atomic E-state index is 0.102. The van der Waals surface area contributed by atoms with Crippen molar-refractivity contribution in [2.24, 2.45) is 11.8 Å². The Hall–Kier alpha value is -2.61. The van der Waals surface area contributed by atoms with Crippen molar-refractivity contribution in [2.45, 2.75) is 52.4 Å². The molecule has 3 amide bonds. The van der Waals surface area contributed by atoms with Crippen LogP contribution in [0.4, 0.5) is 4.79 Å². The predicted octanol–water partition coefficient (Wildman–Crippen LogP) is 2.20. The van der Waals surface area contributed by atoms with E-state index in [1.54, 1.807) is 18.7 Å². The SMILES string of the molecule is CC(C)CN1CC2N(C(=O)O)O[C@H](C(C)C)C(=O)N2[C@@H](Cc2ccccc2)C1=O. The van der Waals surface area contributed by atoms with Crippen LogP contribution >= 0.6 is 0 Å². The Morgan fingerprint density at radius 2 is 1.79 bits per heavy atom. The number of hydrogen-bond acceptors (Lipinski definition) is 4. The molecule has 1 N–H and O–H groups in total. The average Bonchev–Trinajstić information content (AvgIpc) is 2.65. The van der Waals surface area contributed by atoms with Gasteiger partial charge in [-0.1, -0.05) is 58.0 Å². The van der Waals surface area contributed by atoms with Crippen LogP contribution in [0.2, 0.25) is 0 Å². The lowest BCUT2D eigenvalue weighted by Crippen LogP contribution is -2.74. The van der Waals surface area contributed by atoms with Gasteiger partial charge in [0.15, 0.2) is 12.3 Å². The van der Waals surface area contributed by atoms with E-state index >= 15 is 0 Å². The molecule has 2 aliphatic heterocycles. The fourth-order valence-electron chi connectivity index (χ4n) is 3.99. The highest BCUT2D eigenvalue weighted by Gasteiger charge is 2.53. The Morgan fingerprint density at radius 1 is 1.14 bits per heavy atom. The number of fused-ring (bicyclic) bond motifs is 1. The fraction of sp³-hybridized carbons (Fsp3) is 0.571. The Morgan fingerprint density at radius 3 is 2.34 bits per heavy atom. The summed E-state index contributed by atoms with van der Waals surface area (Å²) in [5.74, 6) is -0.501. The molecule has 0 saturated carbocycles. The molecule has 1 aromatic carbocycles. The number of carboxylic acid groups (broad SMARTS) is 1. The molecule has 8 nitrogen and oxygen atoms in total. The van der Waals surface area contributed by atoms with Crippen LogP contribution in [0.3, 0.4) is 0 Å². The second-order valence-electron chi connectivity index (χ2n) is 8.45.